The fraction of sp³-hybridized carbons (Fsp3) is 0.533. The first-order valence-corrected chi connectivity index (χ1v) is 7.14. The predicted octanol–water partition coefficient (Wildman–Crippen LogP) is 2.40. The summed E-state index contributed by atoms with van der Waals surface area (Å²) in [5, 5.41) is 2.78. The molecule has 1 aromatic rings. The molecular weight excluding hydrogens is 297 g/mol. The second-order valence-electron chi connectivity index (χ2n) is 5.62. The summed E-state index contributed by atoms with van der Waals surface area (Å²) in [6, 6.07) is 5.96. The van der Waals surface area contributed by atoms with Crippen LogP contribution in [0.25, 0.3) is 0 Å². The Morgan fingerprint density at radius 3 is 2.77 bits per heavy atom. The maximum atomic E-state index is 12.4. The molecule has 0 aliphatic heterocycles. The third kappa shape index (κ3) is 4.37. The van der Waals surface area contributed by atoms with E-state index >= 15 is 0 Å². The van der Waals surface area contributed by atoms with Crippen LogP contribution in [-0.4, -0.2) is 25.4 Å². The largest absolute Gasteiger partial charge is 0.573 e. The SMILES string of the molecule is CC(CN)CNC(=O)C1CC1c1ccccc1OC(F)(F)F. The number of carbonyl (C=O) groups is 1. The molecule has 0 saturated heterocycles. The van der Waals surface area contributed by atoms with Crippen LogP contribution >= 0.6 is 0 Å². The lowest BCUT2D eigenvalue weighted by molar-refractivity contribution is -0.274. The number of hydrogen-bond donors (Lipinski definition) is 2. The summed E-state index contributed by atoms with van der Waals surface area (Å²) in [6.07, 6.45) is -4.21. The molecule has 4 nitrogen and oxygen atoms in total. The molecule has 1 saturated carbocycles. The first-order valence-electron chi connectivity index (χ1n) is 7.14. The van der Waals surface area contributed by atoms with Gasteiger partial charge < -0.3 is 15.8 Å². The van der Waals surface area contributed by atoms with Gasteiger partial charge in [-0.1, -0.05) is 25.1 Å². The quantitative estimate of drug-likeness (QED) is 0.847. The fourth-order valence-corrected chi connectivity index (χ4v) is 2.32. The van der Waals surface area contributed by atoms with E-state index < -0.39 is 6.36 Å². The number of benzene rings is 1. The molecule has 0 spiro atoms. The van der Waals surface area contributed by atoms with Crippen LogP contribution in [0.5, 0.6) is 5.75 Å². The van der Waals surface area contributed by atoms with Gasteiger partial charge in [0.05, 0.1) is 0 Å². The van der Waals surface area contributed by atoms with Crippen LogP contribution < -0.4 is 15.8 Å². The van der Waals surface area contributed by atoms with Gasteiger partial charge in [0, 0.05) is 12.5 Å². The van der Waals surface area contributed by atoms with Crippen molar-refractivity contribution in [1.82, 2.24) is 5.32 Å². The molecule has 1 aliphatic carbocycles. The first kappa shape index (κ1) is 16.6. The van der Waals surface area contributed by atoms with Gasteiger partial charge in [-0.25, -0.2) is 0 Å². The molecule has 2 rings (SSSR count). The Morgan fingerprint density at radius 2 is 2.14 bits per heavy atom. The highest BCUT2D eigenvalue weighted by molar-refractivity contribution is 5.83. The van der Waals surface area contributed by atoms with Crippen LogP contribution in [0.2, 0.25) is 0 Å². The summed E-state index contributed by atoms with van der Waals surface area (Å²) in [5.41, 5.74) is 5.90. The molecule has 3 N–H and O–H groups in total. The van der Waals surface area contributed by atoms with Gasteiger partial charge in [-0.15, -0.1) is 13.2 Å². The van der Waals surface area contributed by atoms with E-state index in [2.05, 4.69) is 10.1 Å². The highest BCUT2D eigenvalue weighted by atomic mass is 19.4. The van der Waals surface area contributed by atoms with E-state index in [1.807, 2.05) is 6.92 Å². The van der Waals surface area contributed by atoms with Crippen molar-refractivity contribution in [3.05, 3.63) is 29.8 Å². The molecule has 122 valence electrons. The third-order valence-corrected chi connectivity index (χ3v) is 3.70. The number of hydrogen-bond acceptors (Lipinski definition) is 3. The van der Waals surface area contributed by atoms with Gasteiger partial charge in [-0.2, -0.15) is 0 Å². The topological polar surface area (TPSA) is 64.3 Å². The highest BCUT2D eigenvalue weighted by Crippen LogP contribution is 2.50. The maximum absolute atomic E-state index is 12.4. The van der Waals surface area contributed by atoms with Crippen molar-refractivity contribution in [3.63, 3.8) is 0 Å². The van der Waals surface area contributed by atoms with Crippen molar-refractivity contribution < 1.29 is 22.7 Å². The molecule has 0 radical (unpaired) electrons. The zero-order valence-electron chi connectivity index (χ0n) is 12.2. The third-order valence-electron chi connectivity index (χ3n) is 3.70. The number of carbonyl (C=O) groups excluding carboxylic acids is 1. The van der Waals surface area contributed by atoms with Crippen molar-refractivity contribution in [3.8, 4) is 5.75 Å². The number of amides is 1. The Balaban J connectivity index is 1.99. The molecule has 22 heavy (non-hydrogen) atoms. The Bertz CT molecular complexity index is 534. The molecule has 1 fully saturated rings. The minimum atomic E-state index is -4.74. The molecule has 1 amide bonds. The molecule has 3 unspecified atom stereocenters. The summed E-state index contributed by atoms with van der Waals surface area (Å²) in [5.74, 6) is -0.741. The molecule has 1 aliphatic rings. The number of nitrogens with one attached hydrogen (secondary N) is 1. The van der Waals surface area contributed by atoms with Crippen molar-refractivity contribution in [2.45, 2.75) is 25.6 Å². The lowest BCUT2D eigenvalue weighted by Gasteiger charge is -2.13. The van der Waals surface area contributed by atoms with E-state index in [-0.39, 0.29) is 29.4 Å². The first-order chi connectivity index (χ1) is 10.3. The Labute approximate surface area is 126 Å². The molecule has 1 aromatic carbocycles. The average molecular weight is 316 g/mol. The molecule has 0 aromatic heterocycles. The van der Waals surface area contributed by atoms with Gasteiger partial charge in [-0.05, 0) is 36.4 Å². The van der Waals surface area contributed by atoms with Gasteiger partial charge in [-0.3, -0.25) is 4.79 Å². The van der Waals surface area contributed by atoms with E-state index in [0.717, 1.165) is 0 Å². The van der Waals surface area contributed by atoms with Crippen LogP contribution in [0, 0.1) is 11.8 Å². The lowest BCUT2D eigenvalue weighted by atomic mass is 10.1. The van der Waals surface area contributed by atoms with E-state index in [0.29, 0.717) is 25.1 Å². The fourth-order valence-electron chi connectivity index (χ4n) is 2.32. The summed E-state index contributed by atoms with van der Waals surface area (Å²) in [6.45, 7) is 2.85. The van der Waals surface area contributed by atoms with Crippen molar-refractivity contribution >= 4 is 5.91 Å². The summed E-state index contributed by atoms with van der Waals surface area (Å²) in [4.78, 5) is 12.0. The summed E-state index contributed by atoms with van der Waals surface area (Å²) >= 11 is 0. The standard InChI is InChI=1S/C15H19F3N2O2/c1-9(7-19)8-20-14(21)12-6-11(12)10-4-2-3-5-13(10)22-15(16,17)18/h2-5,9,11-12H,6-8,19H2,1H3,(H,20,21). The lowest BCUT2D eigenvalue weighted by Crippen LogP contribution is -2.32. The number of alkyl halides is 3. The Kier molecular flexibility index (Phi) is 4.95. The smallest absolute Gasteiger partial charge is 0.405 e. The number of ether oxygens (including phenoxy) is 1. The van der Waals surface area contributed by atoms with Gasteiger partial charge in [0.25, 0.3) is 0 Å². The minimum absolute atomic E-state index is 0.146. The molecule has 7 heteroatoms. The number of nitrogens with two attached hydrogens (primary N) is 1. The van der Waals surface area contributed by atoms with E-state index in [1.54, 1.807) is 12.1 Å². The normalized spacial score (nSPS) is 22.0. The molecular formula is C15H19F3N2O2. The van der Waals surface area contributed by atoms with E-state index in [4.69, 9.17) is 5.73 Å². The van der Waals surface area contributed by atoms with Crippen LogP contribution in [0.1, 0.15) is 24.8 Å². The summed E-state index contributed by atoms with van der Waals surface area (Å²) in [7, 11) is 0. The Morgan fingerprint density at radius 1 is 1.45 bits per heavy atom. The molecule has 0 heterocycles. The number of rotatable bonds is 6. The Hall–Kier alpha value is -1.76. The predicted molar refractivity (Wildman–Crippen MR) is 75.2 cm³/mol. The second-order valence-corrected chi connectivity index (χ2v) is 5.62. The van der Waals surface area contributed by atoms with Crippen molar-refractivity contribution in [1.29, 1.82) is 0 Å². The van der Waals surface area contributed by atoms with Crippen LogP contribution in [0.15, 0.2) is 24.3 Å². The van der Waals surface area contributed by atoms with Crippen LogP contribution in [0.4, 0.5) is 13.2 Å². The monoisotopic (exact) mass is 316 g/mol. The van der Waals surface area contributed by atoms with E-state index in [9.17, 15) is 18.0 Å². The van der Waals surface area contributed by atoms with Crippen molar-refractivity contribution in [2.75, 3.05) is 13.1 Å². The minimum Gasteiger partial charge on any atom is -0.405 e. The van der Waals surface area contributed by atoms with Gasteiger partial charge in [0.2, 0.25) is 5.91 Å². The van der Waals surface area contributed by atoms with Gasteiger partial charge in [0.15, 0.2) is 0 Å². The van der Waals surface area contributed by atoms with Crippen LogP contribution in [-0.2, 0) is 4.79 Å². The number of halogens is 3. The van der Waals surface area contributed by atoms with E-state index in [1.165, 1.54) is 12.1 Å². The zero-order chi connectivity index (χ0) is 16.3. The van der Waals surface area contributed by atoms with Crippen LogP contribution in [0.3, 0.4) is 0 Å². The summed E-state index contributed by atoms with van der Waals surface area (Å²) < 4.78 is 41.2. The van der Waals surface area contributed by atoms with Gasteiger partial charge >= 0.3 is 6.36 Å². The van der Waals surface area contributed by atoms with Gasteiger partial charge in [0.1, 0.15) is 5.75 Å². The maximum Gasteiger partial charge on any atom is 0.573 e. The van der Waals surface area contributed by atoms with Crippen molar-refractivity contribution in [2.24, 2.45) is 17.6 Å². The zero-order valence-corrected chi connectivity index (χ0v) is 12.2. The molecule has 0 bridgehead atoms. The number of para-hydroxylation sites is 1. The molecule has 3 atom stereocenters. The average Bonchev–Trinajstić information content (AvgIpc) is 3.23. The second kappa shape index (κ2) is 6.56. The highest BCUT2D eigenvalue weighted by Gasteiger charge is 2.46.